The number of carbonyl (C=O) groups is 1. The Morgan fingerprint density at radius 1 is 1.20 bits per heavy atom. The van der Waals surface area contributed by atoms with E-state index in [-0.39, 0.29) is 5.88 Å². The summed E-state index contributed by atoms with van der Waals surface area (Å²) in [6, 6.07) is 9.19. The van der Waals surface area contributed by atoms with Crippen molar-refractivity contribution >= 4 is 34.5 Å². The zero-order valence-corrected chi connectivity index (χ0v) is 12.8. The molecule has 0 unspecified atom stereocenters. The van der Waals surface area contributed by atoms with Crippen LogP contribution in [0, 0.1) is 0 Å². The van der Waals surface area contributed by atoms with Crippen LogP contribution in [-0.4, -0.2) is 26.2 Å². The van der Waals surface area contributed by atoms with Gasteiger partial charge in [0.05, 0.1) is 11.4 Å². The summed E-state index contributed by atoms with van der Waals surface area (Å²) in [5, 5.41) is 29.3. The molecule has 0 saturated carbocycles. The molecule has 3 heterocycles. The fourth-order valence-electron chi connectivity index (χ4n) is 2.71. The summed E-state index contributed by atoms with van der Waals surface area (Å²) < 4.78 is 0. The summed E-state index contributed by atoms with van der Waals surface area (Å²) in [6.45, 7) is 0. The van der Waals surface area contributed by atoms with Crippen molar-refractivity contribution in [1.29, 1.82) is 0 Å². The molecule has 122 valence electrons. The van der Waals surface area contributed by atoms with Gasteiger partial charge in [0, 0.05) is 28.4 Å². The van der Waals surface area contributed by atoms with Crippen molar-refractivity contribution < 1.29 is 15.0 Å². The third-order valence-corrected chi connectivity index (χ3v) is 3.85. The lowest BCUT2D eigenvalue weighted by molar-refractivity contribution is -0.131. The SMILES string of the molecule is O=C(O)/C=C/C1=c2ccc(=Cc3c(O)[nH]c4ncccc34)cc2N=N1. The van der Waals surface area contributed by atoms with Gasteiger partial charge in [-0.3, -0.25) is 0 Å². The van der Waals surface area contributed by atoms with Gasteiger partial charge in [0.25, 0.3) is 0 Å². The smallest absolute Gasteiger partial charge is 0.328 e. The van der Waals surface area contributed by atoms with Gasteiger partial charge in [-0.15, -0.1) is 10.2 Å². The van der Waals surface area contributed by atoms with Crippen LogP contribution in [-0.2, 0) is 4.79 Å². The molecule has 25 heavy (non-hydrogen) atoms. The Bertz CT molecular complexity index is 1190. The van der Waals surface area contributed by atoms with Gasteiger partial charge in [0.2, 0.25) is 0 Å². The minimum atomic E-state index is -1.04. The van der Waals surface area contributed by atoms with E-state index in [1.165, 1.54) is 6.08 Å². The Labute approximate surface area is 141 Å². The fraction of sp³-hybridized carbons (Fsp3) is 0. The Morgan fingerprint density at radius 2 is 2.08 bits per heavy atom. The normalized spacial score (nSPS) is 13.9. The largest absolute Gasteiger partial charge is 0.494 e. The molecule has 0 fully saturated rings. The highest BCUT2D eigenvalue weighted by Crippen LogP contribution is 2.26. The zero-order chi connectivity index (χ0) is 17.4. The predicted molar refractivity (Wildman–Crippen MR) is 91.7 cm³/mol. The molecule has 3 N–H and O–H groups in total. The molecule has 1 aliphatic heterocycles. The van der Waals surface area contributed by atoms with Crippen LogP contribution in [0.5, 0.6) is 5.88 Å². The number of nitrogens with one attached hydrogen (secondary N) is 1. The number of hydrogen-bond donors (Lipinski definition) is 3. The van der Waals surface area contributed by atoms with Gasteiger partial charge >= 0.3 is 5.97 Å². The number of aromatic amines is 1. The highest BCUT2D eigenvalue weighted by Gasteiger charge is 2.10. The third-order valence-electron chi connectivity index (χ3n) is 3.85. The molecule has 1 aromatic carbocycles. The molecule has 0 atom stereocenters. The number of carboxylic acid groups (broad SMARTS) is 1. The van der Waals surface area contributed by atoms with Gasteiger partial charge in [0.1, 0.15) is 5.65 Å². The number of fused-ring (bicyclic) bond motifs is 2. The van der Waals surface area contributed by atoms with Crippen LogP contribution >= 0.6 is 0 Å². The van der Waals surface area contributed by atoms with Crippen molar-refractivity contribution in [3.63, 3.8) is 0 Å². The van der Waals surface area contributed by atoms with E-state index in [4.69, 9.17) is 5.11 Å². The minimum Gasteiger partial charge on any atom is -0.494 e. The molecule has 0 bridgehead atoms. The monoisotopic (exact) mass is 332 g/mol. The lowest BCUT2D eigenvalue weighted by Crippen LogP contribution is -2.08. The minimum absolute atomic E-state index is 0.0486. The van der Waals surface area contributed by atoms with Crippen molar-refractivity contribution in [2.75, 3.05) is 0 Å². The highest BCUT2D eigenvalue weighted by atomic mass is 16.4. The van der Waals surface area contributed by atoms with Gasteiger partial charge in [-0.1, -0.05) is 6.07 Å². The van der Waals surface area contributed by atoms with Crippen LogP contribution < -0.4 is 10.4 Å². The van der Waals surface area contributed by atoms with Crippen LogP contribution in [0.1, 0.15) is 5.56 Å². The van der Waals surface area contributed by atoms with Gasteiger partial charge in [-0.2, -0.15) is 0 Å². The molecule has 0 aliphatic carbocycles. The summed E-state index contributed by atoms with van der Waals surface area (Å²) >= 11 is 0. The van der Waals surface area contributed by atoms with Gasteiger partial charge in [-0.05, 0) is 41.6 Å². The second-order valence-corrected chi connectivity index (χ2v) is 5.46. The average Bonchev–Trinajstić information content (AvgIpc) is 3.14. The first-order valence-electron chi connectivity index (χ1n) is 7.46. The molecule has 0 saturated heterocycles. The second-order valence-electron chi connectivity index (χ2n) is 5.46. The molecule has 7 nitrogen and oxygen atoms in total. The van der Waals surface area contributed by atoms with Crippen molar-refractivity contribution in [3.05, 3.63) is 64.7 Å². The summed E-state index contributed by atoms with van der Waals surface area (Å²) in [6.07, 6.45) is 5.93. The first-order valence-corrected chi connectivity index (χ1v) is 7.46. The number of aromatic hydroxyl groups is 1. The van der Waals surface area contributed by atoms with E-state index in [1.54, 1.807) is 12.3 Å². The van der Waals surface area contributed by atoms with Crippen molar-refractivity contribution in [2.24, 2.45) is 10.2 Å². The van der Waals surface area contributed by atoms with E-state index in [2.05, 4.69) is 20.2 Å². The van der Waals surface area contributed by atoms with E-state index in [9.17, 15) is 9.90 Å². The molecule has 0 spiro atoms. The molecule has 4 rings (SSSR count). The molecule has 0 radical (unpaired) electrons. The first kappa shape index (κ1) is 14.8. The molecular formula is C18H12N4O3. The van der Waals surface area contributed by atoms with Crippen LogP contribution in [0.3, 0.4) is 0 Å². The average molecular weight is 332 g/mol. The quantitative estimate of drug-likeness (QED) is 0.636. The molecule has 1 aliphatic rings. The van der Waals surface area contributed by atoms with Crippen molar-refractivity contribution in [2.45, 2.75) is 0 Å². The van der Waals surface area contributed by atoms with E-state index >= 15 is 0 Å². The molecule has 2 aromatic heterocycles. The van der Waals surface area contributed by atoms with Crippen molar-refractivity contribution in [3.8, 4) is 5.88 Å². The van der Waals surface area contributed by atoms with Crippen LogP contribution in [0.2, 0.25) is 0 Å². The second kappa shape index (κ2) is 5.72. The predicted octanol–water partition coefficient (Wildman–Crippen LogP) is 1.94. The zero-order valence-electron chi connectivity index (χ0n) is 12.8. The Morgan fingerprint density at radius 3 is 2.92 bits per heavy atom. The number of aliphatic carboxylic acids is 1. The molecular weight excluding hydrogens is 320 g/mol. The maximum atomic E-state index is 10.6. The number of benzene rings is 1. The van der Waals surface area contributed by atoms with Gasteiger partial charge < -0.3 is 15.2 Å². The summed E-state index contributed by atoms with van der Waals surface area (Å²) in [5.74, 6) is -0.989. The molecule has 7 heteroatoms. The summed E-state index contributed by atoms with van der Waals surface area (Å²) in [4.78, 5) is 17.6. The van der Waals surface area contributed by atoms with Crippen LogP contribution in [0.15, 0.2) is 58.9 Å². The number of carboxylic acids is 1. The van der Waals surface area contributed by atoms with Crippen molar-refractivity contribution in [1.82, 2.24) is 9.97 Å². The van der Waals surface area contributed by atoms with E-state index in [0.717, 1.165) is 21.9 Å². The highest BCUT2D eigenvalue weighted by molar-refractivity contribution is 5.89. The van der Waals surface area contributed by atoms with Gasteiger partial charge in [-0.25, -0.2) is 9.78 Å². The van der Waals surface area contributed by atoms with E-state index in [1.807, 2.05) is 30.3 Å². The lowest BCUT2D eigenvalue weighted by atomic mass is 10.1. The summed E-state index contributed by atoms with van der Waals surface area (Å²) in [5.41, 5.74) is 2.41. The Hall–Kier alpha value is -3.74. The Kier molecular flexibility index (Phi) is 3.39. The molecule has 3 aromatic rings. The molecule has 0 amide bonds. The number of aromatic nitrogens is 2. The maximum absolute atomic E-state index is 10.6. The topological polar surface area (TPSA) is 111 Å². The maximum Gasteiger partial charge on any atom is 0.328 e. The first-order chi connectivity index (χ1) is 12.1. The lowest BCUT2D eigenvalue weighted by Gasteiger charge is -1.94. The van der Waals surface area contributed by atoms with Gasteiger partial charge in [0.15, 0.2) is 5.88 Å². The number of pyridine rings is 1. The van der Waals surface area contributed by atoms with Crippen LogP contribution in [0.4, 0.5) is 5.69 Å². The number of azo groups is 1. The third kappa shape index (κ3) is 2.67. The standard InChI is InChI=1S/C18H12N4O3/c23-16(24)6-5-14-12-4-3-10(9-15(12)22-21-14)8-13-11-2-1-7-19-17(11)20-18(13)25/h1-9,25H,(H,19,20)(H,23,24)/b6-5+,10-8?. The summed E-state index contributed by atoms with van der Waals surface area (Å²) in [7, 11) is 0. The van der Waals surface area contributed by atoms with E-state index < -0.39 is 5.97 Å². The number of nitrogens with zero attached hydrogens (tertiary/aromatic N) is 3. The number of H-pyrrole nitrogens is 1. The van der Waals surface area contributed by atoms with Crippen LogP contribution in [0.25, 0.3) is 22.8 Å². The fourth-order valence-corrected chi connectivity index (χ4v) is 2.71. The Balaban J connectivity index is 1.84. The van der Waals surface area contributed by atoms with E-state index in [0.29, 0.717) is 22.6 Å². The number of rotatable bonds is 3. The number of hydrogen-bond acceptors (Lipinski definition) is 5.